The number of halogens is 2. The summed E-state index contributed by atoms with van der Waals surface area (Å²) in [4.78, 5) is 10.5. The highest BCUT2D eigenvalue weighted by Crippen LogP contribution is 2.19. The van der Waals surface area contributed by atoms with E-state index in [2.05, 4.69) is 0 Å². The van der Waals surface area contributed by atoms with Crippen LogP contribution in [0.4, 0.5) is 8.78 Å². The summed E-state index contributed by atoms with van der Waals surface area (Å²) in [5, 5.41) is 0. The first-order chi connectivity index (χ1) is 9.20. The minimum absolute atomic E-state index is 0.172. The Labute approximate surface area is 119 Å². The highest BCUT2D eigenvalue weighted by Gasteiger charge is 2.38. The molecule has 1 N–H and O–H groups in total. The molecule has 0 heterocycles. The summed E-state index contributed by atoms with van der Waals surface area (Å²) in [6.45, 7) is 7.24. The molecule has 0 fully saturated rings. The normalized spacial score (nSPS) is 12.4. The van der Waals surface area contributed by atoms with E-state index in [1.807, 2.05) is 27.7 Å². The van der Waals surface area contributed by atoms with Crippen molar-refractivity contribution < 1.29 is 22.4 Å². The first-order valence-electron chi connectivity index (χ1n) is 6.73. The highest BCUT2D eigenvalue weighted by atomic mass is 28.4. The Morgan fingerprint density at radius 1 is 1.00 bits per heavy atom. The van der Waals surface area contributed by atoms with Crippen molar-refractivity contribution in [1.82, 2.24) is 0 Å². The molecule has 0 saturated carbocycles. The molecule has 6 heteroatoms. The lowest BCUT2D eigenvalue weighted by molar-refractivity contribution is 0.0478. The molecule has 0 spiro atoms. The second-order valence-corrected chi connectivity index (χ2v) is 7.72. The lowest BCUT2D eigenvalue weighted by Crippen LogP contribution is -2.46. The van der Waals surface area contributed by atoms with Crippen molar-refractivity contribution in [2.75, 3.05) is 0 Å². The molecular weight excluding hydrogens is 282 g/mol. The van der Waals surface area contributed by atoms with Gasteiger partial charge in [-0.15, -0.1) is 0 Å². The summed E-state index contributed by atoms with van der Waals surface area (Å²) in [6, 6.07) is 3.56. The average Bonchev–Trinajstić information content (AvgIpc) is 2.22. The van der Waals surface area contributed by atoms with Crippen molar-refractivity contribution in [3.05, 3.63) is 35.4 Å². The van der Waals surface area contributed by atoms with Gasteiger partial charge in [-0.05, 0) is 51.8 Å². The average molecular weight is 304 g/mol. The van der Waals surface area contributed by atoms with E-state index in [1.54, 1.807) is 0 Å². The van der Waals surface area contributed by atoms with Gasteiger partial charge < -0.3 is 13.6 Å². The summed E-state index contributed by atoms with van der Waals surface area (Å²) in [5.74, 6) is -1.25. The minimum atomic E-state index is -3.34. The van der Waals surface area contributed by atoms with E-state index in [0.29, 0.717) is 12.0 Å². The summed E-state index contributed by atoms with van der Waals surface area (Å²) in [7, 11) is -3.34. The fourth-order valence-electron chi connectivity index (χ4n) is 1.94. The first-order valence-corrected chi connectivity index (χ1v) is 8.70. The zero-order valence-corrected chi connectivity index (χ0v) is 13.3. The molecule has 0 aliphatic carbocycles. The molecule has 0 amide bonds. The molecule has 114 valence electrons. The highest BCUT2D eigenvalue weighted by molar-refractivity contribution is 6.59. The van der Waals surface area contributed by atoms with Crippen molar-refractivity contribution in [3.63, 3.8) is 0 Å². The van der Waals surface area contributed by atoms with Gasteiger partial charge >= 0.3 is 8.80 Å². The largest absolute Gasteiger partial charge is 0.498 e. The third kappa shape index (κ3) is 6.09. The molecule has 0 bridgehead atoms. The SMILES string of the molecule is CC(C)O[Si](O)(CCc1cc(F)cc(F)c1)OC(C)C. The predicted octanol–water partition coefficient (Wildman–Crippen LogP) is 3.29. The molecule has 0 aromatic heterocycles. The number of hydrogen-bond donors (Lipinski definition) is 1. The van der Waals surface area contributed by atoms with E-state index in [0.717, 1.165) is 6.07 Å². The monoisotopic (exact) mass is 304 g/mol. The van der Waals surface area contributed by atoms with Gasteiger partial charge in [0.2, 0.25) is 0 Å². The molecular formula is C14H22F2O3Si. The molecule has 1 aromatic carbocycles. The Balaban J connectivity index is 2.74. The molecule has 0 saturated heterocycles. The van der Waals surface area contributed by atoms with Gasteiger partial charge in [0.25, 0.3) is 0 Å². The second-order valence-electron chi connectivity index (χ2n) is 5.32. The Kier molecular flexibility index (Phi) is 6.26. The van der Waals surface area contributed by atoms with E-state index in [9.17, 15) is 13.6 Å². The Morgan fingerprint density at radius 2 is 1.45 bits per heavy atom. The Hall–Kier alpha value is -0.823. The summed E-state index contributed by atoms with van der Waals surface area (Å²) >= 11 is 0. The van der Waals surface area contributed by atoms with Gasteiger partial charge in [0.1, 0.15) is 11.6 Å². The Morgan fingerprint density at radius 3 is 1.85 bits per heavy atom. The van der Waals surface area contributed by atoms with Gasteiger partial charge in [0.15, 0.2) is 0 Å². The van der Waals surface area contributed by atoms with E-state index < -0.39 is 20.4 Å². The van der Waals surface area contributed by atoms with Crippen molar-refractivity contribution >= 4 is 8.80 Å². The van der Waals surface area contributed by atoms with Gasteiger partial charge in [-0.1, -0.05) is 0 Å². The van der Waals surface area contributed by atoms with Crippen LogP contribution >= 0.6 is 0 Å². The van der Waals surface area contributed by atoms with Crippen LogP contribution in [-0.2, 0) is 15.3 Å². The van der Waals surface area contributed by atoms with Crippen LogP contribution in [0.3, 0.4) is 0 Å². The van der Waals surface area contributed by atoms with Crippen LogP contribution in [0.5, 0.6) is 0 Å². The predicted molar refractivity (Wildman–Crippen MR) is 75.3 cm³/mol. The number of benzene rings is 1. The van der Waals surface area contributed by atoms with E-state index in [4.69, 9.17) is 8.85 Å². The fraction of sp³-hybridized carbons (Fsp3) is 0.571. The molecule has 3 nitrogen and oxygen atoms in total. The molecule has 0 aliphatic rings. The topological polar surface area (TPSA) is 38.7 Å². The Bertz CT molecular complexity index is 408. The summed E-state index contributed by atoms with van der Waals surface area (Å²) < 4.78 is 37.3. The first kappa shape index (κ1) is 17.2. The summed E-state index contributed by atoms with van der Waals surface area (Å²) in [5.41, 5.74) is 0.480. The van der Waals surface area contributed by atoms with Crippen LogP contribution in [0.2, 0.25) is 6.04 Å². The molecule has 1 rings (SSSR count). The zero-order valence-electron chi connectivity index (χ0n) is 12.3. The third-order valence-electron chi connectivity index (χ3n) is 2.49. The van der Waals surface area contributed by atoms with Gasteiger partial charge in [-0.2, -0.15) is 0 Å². The molecule has 1 aromatic rings. The zero-order chi connectivity index (χ0) is 15.3. The molecule has 20 heavy (non-hydrogen) atoms. The van der Waals surface area contributed by atoms with Crippen LogP contribution in [0.1, 0.15) is 33.3 Å². The molecule has 0 unspecified atom stereocenters. The van der Waals surface area contributed by atoms with Crippen LogP contribution in [-0.4, -0.2) is 25.8 Å². The van der Waals surface area contributed by atoms with E-state index in [-0.39, 0.29) is 18.3 Å². The van der Waals surface area contributed by atoms with Gasteiger partial charge in [0.05, 0.1) is 0 Å². The number of aryl methyl sites for hydroxylation is 1. The quantitative estimate of drug-likeness (QED) is 0.786. The molecule has 0 atom stereocenters. The van der Waals surface area contributed by atoms with Crippen LogP contribution in [0.25, 0.3) is 0 Å². The van der Waals surface area contributed by atoms with Gasteiger partial charge in [0, 0.05) is 24.3 Å². The standard InChI is InChI=1S/C14H22F2O3Si/c1-10(2)18-20(17,19-11(3)4)6-5-12-7-13(15)9-14(16)8-12/h7-11,17H,5-6H2,1-4H3. The number of rotatable bonds is 7. The second kappa shape index (κ2) is 7.26. The van der Waals surface area contributed by atoms with Crippen molar-refractivity contribution in [2.45, 2.75) is 52.4 Å². The lowest BCUT2D eigenvalue weighted by Gasteiger charge is -2.28. The van der Waals surface area contributed by atoms with E-state index in [1.165, 1.54) is 12.1 Å². The van der Waals surface area contributed by atoms with Gasteiger partial charge in [-0.25, -0.2) is 8.78 Å². The maximum absolute atomic E-state index is 13.1. The van der Waals surface area contributed by atoms with Crippen LogP contribution in [0.15, 0.2) is 18.2 Å². The maximum Gasteiger partial charge on any atom is 0.498 e. The van der Waals surface area contributed by atoms with E-state index >= 15 is 0 Å². The van der Waals surface area contributed by atoms with Crippen LogP contribution < -0.4 is 0 Å². The molecule has 0 radical (unpaired) electrons. The van der Waals surface area contributed by atoms with Crippen molar-refractivity contribution in [2.24, 2.45) is 0 Å². The minimum Gasteiger partial charge on any atom is -0.390 e. The fourth-order valence-corrected chi connectivity index (χ4v) is 4.31. The number of hydrogen-bond acceptors (Lipinski definition) is 3. The van der Waals surface area contributed by atoms with Crippen LogP contribution in [0, 0.1) is 11.6 Å². The van der Waals surface area contributed by atoms with Crippen molar-refractivity contribution in [1.29, 1.82) is 0 Å². The smallest absolute Gasteiger partial charge is 0.390 e. The lowest BCUT2D eigenvalue weighted by atomic mass is 10.2. The summed E-state index contributed by atoms with van der Waals surface area (Å²) in [6.07, 6.45) is -0.0408. The molecule has 0 aliphatic heterocycles. The van der Waals surface area contributed by atoms with Gasteiger partial charge in [-0.3, -0.25) is 0 Å². The maximum atomic E-state index is 13.1. The third-order valence-corrected chi connectivity index (χ3v) is 5.05. The van der Waals surface area contributed by atoms with Crippen molar-refractivity contribution in [3.8, 4) is 0 Å².